The number of aryl methyl sites for hydroxylation is 1. The monoisotopic (exact) mass is 566 g/mol. The summed E-state index contributed by atoms with van der Waals surface area (Å²) >= 11 is 0. The predicted molar refractivity (Wildman–Crippen MR) is 154 cm³/mol. The Balaban J connectivity index is 1.09. The van der Waals surface area contributed by atoms with Crippen LogP contribution in [0.5, 0.6) is 11.5 Å². The lowest BCUT2D eigenvalue weighted by molar-refractivity contribution is 0.204. The summed E-state index contributed by atoms with van der Waals surface area (Å²) in [5.74, 6) is -2.95. The number of anilines is 1. The molecular weight excluding hydrogens is 529 g/mol. The van der Waals surface area contributed by atoms with E-state index in [-0.39, 0.29) is 11.8 Å². The summed E-state index contributed by atoms with van der Waals surface area (Å²) < 4.78 is 45.9. The molecule has 2 amide bonds. The first kappa shape index (κ1) is 29.0. The maximum atomic E-state index is 13.9. The second-order valence-electron chi connectivity index (χ2n) is 11.0. The summed E-state index contributed by atoms with van der Waals surface area (Å²) in [5.41, 5.74) is 4.42. The Morgan fingerprint density at radius 1 is 0.878 bits per heavy atom. The van der Waals surface area contributed by atoms with Crippen LogP contribution in [0.25, 0.3) is 0 Å². The van der Waals surface area contributed by atoms with Crippen molar-refractivity contribution in [1.29, 1.82) is 0 Å². The number of hydrogen-bond donors (Lipinski definition) is 2. The van der Waals surface area contributed by atoms with Crippen LogP contribution in [0.1, 0.15) is 48.3 Å². The van der Waals surface area contributed by atoms with Crippen LogP contribution in [-0.2, 0) is 6.54 Å². The number of hydrogen-bond acceptors (Lipinski definition) is 4. The van der Waals surface area contributed by atoms with E-state index in [0.29, 0.717) is 30.3 Å². The SMILES string of the molecule is Cc1ccc(NC(=O)NCCN2CCCC2)cc1C1CCN(Cc2ccc(Oc3cc(F)c(F)cc3F)cc2)CC1. The first-order valence-corrected chi connectivity index (χ1v) is 14.4. The Hall–Kier alpha value is -3.56. The van der Waals surface area contributed by atoms with Crippen molar-refractivity contribution in [1.82, 2.24) is 15.1 Å². The van der Waals surface area contributed by atoms with Crippen molar-refractivity contribution in [3.63, 3.8) is 0 Å². The summed E-state index contributed by atoms with van der Waals surface area (Å²) in [4.78, 5) is 17.2. The van der Waals surface area contributed by atoms with Crippen molar-refractivity contribution in [3.05, 3.63) is 88.7 Å². The molecule has 41 heavy (non-hydrogen) atoms. The number of urea groups is 1. The van der Waals surface area contributed by atoms with Crippen LogP contribution in [0.3, 0.4) is 0 Å². The third-order valence-electron chi connectivity index (χ3n) is 8.01. The molecule has 0 spiro atoms. The summed E-state index contributed by atoms with van der Waals surface area (Å²) in [7, 11) is 0. The molecule has 2 saturated heterocycles. The number of carbonyl (C=O) groups is 1. The van der Waals surface area contributed by atoms with Gasteiger partial charge in [-0.15, -0.1) is 0 Å². The number of rotatable bonds is 9. The van der Waals surface area contributed by atoms with Gasteiger partial charge in [0.15, 0.2) is 23.2 Å². The minimum Gasteiger partial charge on any atom is -0.454 e. The van der Waals surface area contributed by atoms with E-state index in [0.717, 1.165) is 63.4 Å². The molecule has 2 aliphatic rings. The molecule has 0 aliphatic carbocycles. The highest BCUT2D eigenvalue weighted by Gasteiger charge is 2.22. The molecule has 0 radical (unpaired) electrons. The minimum absolute atomic E-state index is 0.166. The molecule has 0 saturated carbocycles. The zero-order chi connectivity index (χ0) is 28.8. The van der Waals surface area contributed by atoms with Crippen molar-refractivity contribution < 1.29 is 22.7 Å². The van der Waals surface area contributed by atoms with Crippen molar-refractivity contribution in [2.75, 3.05) is 44.6 Å². The maximum Gasteiger partial charge on any atom is 0.319 e. The van der Waals surface area contributed by atoms with E-state index >= 15 is 0 Å². The van der Waals surface area contributed by atoms with E-state index in [1.807, 2.05) is 18.2 Å². The van der Waals surface area contributed by atoms with Gasteiger partial charge < -0.3 is 20.3 Å². The molecule has 218 valence electrons. The van der Waals surface area contributed by atoms with Gasteiger partial charge in [-0.2, -0.15) is 0 Å². The summed E-state index contributed by atoms with van der Waals surface area (Å²) in [6, 6.07) is 14.4. The van der Waals surface area contributed by atoms with Crippen LogP contribution >= 0.6 is 0 Å². The van der Waals surface area contributed by atoms with E-state index < -0.39 is 17.5 Å². The van der Waals surface area contributed by atoms with Gasteiger partial charge in [-0.3, -0.25) is 4.90 Å². The molecule has 3 aromatic carbocycles. The molecule has 0 atom stereocenters. The molecule has 0 unspecified atom stereocenters. The van der Waals surface area contributed by atoms with E-state index in [4.69, 9.17) is 4.74 Å². The summed E-state index contributed by atoms with van der Waals surface area (Å²) in [5, 5.41) is 5.97. The number of nitrogens with one attached hydrogen (secondary N) is 2. The largest absolute Gasteiger partial charge is 0.454 e. The lowest BCUT2D eigenvalue weighted by atomic mass is 9.86. The van der Waals surface area contributed by atoms with Gasteiger partial charge >= 0.3 is 6.03 Å². The van der Waals surface area contributed by atoms with E-state index in [9.17, 15) is 18.0 Å². The second-order valence-corrected chi connectivity index (χ2v) is 11.0. The number of likely N-dealkylation sites (tertiary alicyclic amines) is 2. The third-order valence-corrected chi connectivity index (χ3v) is 8.01. The second kappa shape index (κ2) is 13.4. The lowest BCUT2D eigenvalue weighted by Gasteiger charge is -2.33. The van der Waals surface area contributed by atoms with E-state index in [1.54, 1.807) is 12.1 Å². The fourth-order valence-electron chi connectivity index (χ4n) is 5.70. The average molecular weight is 567 g/mol. The van der Waals surface area contributed by atoms with E-state index in [1.165, 1.54) is 24.0 Å². The molecule has 9 heteroatoms. The molecule has 2 aliphatic heterocycles. The zero-order valence-corrected chi connectivity index (χ0v) is 23.4. The quantitative estimate of drug-likeness (QED) is 0.280. The predicted octanol–water partition coefficient (Wildman–Crippen LogP) is 6.80. The van der Waals surface area contributed by atoms with Crippen LogP contribution in [0.15, 0.2) is 54.6 Å². The third kappa shape index (κ3) is 7.80. The molecule has 0 bridgehead atoms. The van der Waals surface area contributed by atoms with Gasteiger partial charge in [0, 0.05) is 37.5 Å². The van der Waals surface area contributed by atoms with E-state index in [2.05, 4.69) is 39.5 Å². The molecule has 2 fully saturated rings. The topological polar surface area (TPSA) is 56.8 Å². The minimum atomic E-state index is -1.25. The Labute approximate surface area is 239 Å². The fourth-order valence-corrected chi connectivity index (χ4v) is 5.70. The number of benzene rings is 3. The molecule has 2 heterocycles. The van der Waals surface area contributed by atoms with Crippen molar-refractivity contribution in [3.8, 4) is 11.5 Å². The number of piperidine rings is 1. The fraction of sp³-hybridized carbons (Fsp3) is 0.406. The highest BCUT2D eigenvalue weighted by Crippen LogP contribution is 2.33. The average Bonchev–Trinajstić information content (AvgIpc) is 3.48. The van der Waals surface area contributed by atoms with Crippen LogP contribution in [0, 0.1) is 24.4 Å². The highest BCUT2D eigenvalue weighted by atomic mass is 19.2. The molecule has 6 nitrogen and oxygen atoms in total. The smallest absolute Gasteiger partial charge is 0.319 e. The number of halogens is 3. The van der Waals surface area contributed by atoms with Gasteiger partial charge in [0.25, 0.3) is 0 Å². The number of carbonyl (C=O) groups excluding carboxylic acids is 1. The Bertz CT molecular complexity index is 1340. The molecule has 3 aromatic rings. The highest BCUT2D eigenvalue weighted by molar-refractivity contribution is 5.89. The number of nitrogens with zero attached hydrogens (tertiary/aromatic N) is 2. The van der Waals surface area contributed by atoms with Crippen molar-refractivity contribution in [2.45, 2.75) is 45.1 Å². The van der Waals surface area contributed by atoms with Gasteiger partial charge in [-0.05, 0) is 106 Å². The number of ether oxygens (including phenoxy) is 1. The Morgan fingerprint density at radius 3 is 2.32 bits per heavy atom. The van der Waals surface area contributed by atoms with Crippen LogP contribution in [0.2, 0.25) is 0 Å². The molecule has 5 rings (SSSR count). The van der Waals surface area contributed by atoms with Crippen LogP contribution in [-0.4, -0.2) is 55.1 Å². The summed E-state index contributed by atoms with van der Waals surface area (Å²) in [6.07, 6.45) is 4.52. The Morgan fingerprint density at radius 2 is 1.59 bits per heavy atom. The van der Waals surface area contributed by atoms with Crippen LogP contribution in [0.4, 0.5) is 23.7 Å². The molecular formula is C32H37F3N4O2. The van der Waals surface area contributed by atoms with Crippen molar-refractivity contribution in [2.24, 2.45) is 0 Å². The molecule has 2 N–H and O–H groups in total. The maximum absolute atomic E-state index is 13.9. The van der Waals surface area contributed by atoms with Gasteiger partial charge in [-0.1, -0.05) is 18.2 Å². The zero-order valence-electron chi connectivity index (χ0n) is 23.4. The normalized spacial score (nSPS) is 16.6. The Kier molecular flexibility index (Phi) is 9.46. The van der Waals surface area contributed by atoms with Gasteiger partial charge in [0.2, 0.25) is 0 Å². The lowest BCUT2D eigenvalue weighted by Crippen LogP contribution is -2.36. The molecule has 0 aromatic heterocycles. The summed E-state index contributed by atoms with van der Waals surface area (Å²) in [6.45, 7) is 8.55. The van der Waals surface area contributed by atoms with Gasteiger partial charge in [-0.25, -0.2) is 18.0 Å². The first-order chi connectivity index (χ1) is 19.8. The van der Waals surface area contributed by atoms with Gasteiger partial charge in [0.1, 0.15) is 5.75 Å². The van der Waals surface area contributed by atoms with Gasteiger partial charge in [0.05, 0.1) is 0 Å². The number of amides is 2. The van der Waals surface area contributed by atoms with Crippen molar-refractivity contribution >= 4 is 11.7 Å². The first-order valence-electron chi connectivity index (χ1n) is 14.4. The van der Waals surface area contributed by atoms with Crippen LogP contribution < -0.4 is 15.4 Å². The standard InChI is InChI=1S/C32H37F3N4O2/c1-22-4-7-25(37-32(40)36-12-17-38-13-2-3-14-38)18-27(22)24-10-15-39(16-11-24)21-23-5-8-26(9-6-23)41-31-20-29(34)28(33)19-30(31)35/h4-9,18-20,24H,2-3,10-17,21H2,1H3,(H2,36,37,40).